The molecule has 1 amide bonds. The largest absolute Gasteiger partial charge is 0.497 e. The van der Waals surface area contributed by atoms with E-state index in [1.54, 1.807) is 12.0 Å². The molecule has 45 heavy (non-hydrogen) atoms. The lowest BCUT2D eigenvalue weighted by Crippen LogP contribution is -2.71. The van der Waals surface area contributed by atoms with Crippen LogP contribution in [0.15, 0.2) is 47.2 Å². The molecule has 1 aliphatic carbocycles. The van der Waals surface area contributed by atoms with E-state index in [4.69, 9.17) is 34.2 Å². The van der Waals surface area contributed by atoms with Gasteiger partial charge in [-0.15, -0.1) is 6.42 Å². The molecule has 1 spiro atoms. The molecule has 4 rings (SSSR count). The molecule has 1 aromatic carbocycles. The molecule has 2 heterocycles. The second-order valence-corrected chi connectivity index (χ2v) is 21.2. The van der Waals surface area contributed by atoms with E-state index in [0.29, 0.717) is 22.6 Å². The second-order valence-electron chi connectivity index (χ2n) is 11.8. The first-order chi connectivity index (χ1) is 21.7. The zero-order valence-electron chi connectivity index (χ0n) is 27.9. The zero-order chi connectivity index (χ0) is 32.9. The van der Waals surface area contributed by atoms with Crippen molar-refractivity contribution in [3.8, 4) is 24.2 Å². The fraction of sp³-hybridized carbons (Fsp3) is 0.588. The Balaban J connectivity index is 2.07. The fourth-order valence-electron chi connectivity index (χ4n) is 6.94. The average molecular weight is 653 g/mol. The van der Waals surface area contributed by atoms with Crippen LogP contribution < -0.4 is 4.74 Å². The van der Waals surface area contributed by atoms with Crippen LogP contribution in [0.1, 0.15) is 47.1 Å². The van der Waals surface area contributed by atoms with E-state index in [2.05, 4.69) is 53.5 Å². The number of rotatable bonds is 13. The van der Waals surface area contributed by atoms with Gasteiger partial charge in [0.25, 0.3) is 0 Å². The third kappa shape index (κ3) is 6.03. The molecule has 0 N–H and O–H groups in total. The van der Waals surface area contributed by atoms with E-state index in [9.17, 15) is 10.1 Å². The quantitative estimate of drug-likeness (QED) is 0.129. The fourth-order valence-corrected chi connectivity index (χ4v) is 12.7. The summed E-state index contributed by atoms with van der Waals surface area (Å²) >= 11 is 0. The van der Waals surface area contributed by atoms with Gasteiger partial charge in [0.2, 0.25) is 5.79 Å². The summed E-state index contributed by atoms with van der Waals surface area (Å²) in [5.74, 6) is 2.19. The molecule has 0 unspecified atom stereocenters. The Bertz CT molecular complexity index is 1350. The van der Waals surface area contributed by atoms with Crippen molar-refractivity contribution in [2.24, 2.45) is 0 Å². The predicted octanol–water partition coefficient (Wildman–Crippen LogP) is 6.89. The van der Waals surface area contributed by atoms with Crippen molar-refractivity contribution in [3.63, 3.8) is 0 Å². The number of amides is 1. The van der Waals surface area contributed by atoms with E-state index in [0.717, 1.165) is 41.8 Å². The molecule has 0 radical (unpaired) electrons. The standard InChI is InChI=1S/C34H48N2O7Si2/c1-9-33(43-45(13-5,14-6)15-7)29(20-21-35)28-25-39-32(37)36(24-26-16-18-27(38-8)19-17-26)30(28)34(40-22-23-41-34)31(33)42-44(10-2,11-3)12-4/h1,16-20,31H,10-15,22-25H2,2-8H3/b29-20+/t31-,33+/m0/s1. The Morgan fingerprint density at radius 1 is 1.00 bits per heavy atom. The molecule has 0 bridgehead atoms. The highest BCUT2D eigenvalue weighted by atomic mass is 28.4. The van der Waals surface area contributed by atoms with Gasteiger partial charge >= 0.3 is 6.09 Å². The van der Waals surface area contributed by atoms with Crippen molar-refractivity contribution in [1.29, 1.82) is 5.26 Å². The molecule has 11 heteroatoms. The molecule has 1 fully saturated rings. The highest BCUT2D eigenvalue weighted by Gasteiger charge is 2.69. The van der Waals surface area contributed by atoms with Gasteiger partial charge in [0.05, 0.1) is 38.6 Å². The predicted molar refractivity (Wildman–Crippen MR) is 177 cm³/mol. The Morgan fingerprint density at radius 2 is 1.58 bits per heavy atom. The van der Waals surface area contributed by atoms with Crippen molar-refractivity contribution in [3.05, 3.63) is 52.7 Å². The Labute approximate surface area is 270 Å². The summed E-state index contributed by atoms with van der Waals surface area (Å²) in [5, 5.41) is 10.2. The molecule has 1 saturated heterocycles. The summed E-state index contributed by atoms with van der Waals surface area (Å²) in [6, 6.07) is 14.7. The van der Waals surface area contributed by atoms with E-state index >= 15 is 0 Å². The molecule has 9 nitrogen and oxygen atoms in total. The van der Waals surface area contributed by atoms with E-state index < -0.39 is 40.2 Å². The van der Waals surface area contributed by atoms with Gasteiger partial charge < -0.3 is 27.8 Å². The molecule has 2 atom stereocenters. The maximum atomic E-state index is 13.7. The van der Waals surface area contributed by atoms with Gasteiger partial charge in [0, 0.05) is 17.2 Å². The first-order valence-corrected chi connectivity index (χ1v) is 21.3. The van der Waals surface area contributed by atoms with Crippen LogP contribution >= 0.6 is 0 Å². The topological polar surface area (TPSA) is 99.5 Å². The summed E-state index contributed by atoms with van der Waals surface area (Å²) in [6.45, 7) is 13.5. The third-order valence-corrected chi connectivity index (χ3v) is 19.4. The van der Waals surface area contributed by atoms with Gasteiger partial charge in [0.1, 0.15) is 18.5 Å². The Hall–Kier alpha value is -2.91. The molecular weight excluding hydrogens is 605 g/mol. The smallest absolute Gasteiger partial charge is 0.414 e. The van der Waals surface area contributed by atoms with E-state index in [1.165, 1.54) is 6.08 Å². The number of carbonyl (C=O) groups is 1. The van der Waals surface area contributed by atoms with Crippen molar-refractivity contribution >= 4 is 22.7 Å². The SMILES string of the molecule is C#C[C@@]1(O[Si](CC)(CC)CC)/C(=C/C#N)C2=C(N(Cc3ccc(OC)cc3)C(=O)OC2)C2(OCCO2)[C@H]1O[Si](CC)(CC)CC. The Morgan fingerprint density at radius 3 is 2.07 bits per heavy atom. The summed E-state index contributed by atoms with van der Waals surface area (Å²) < 4.78 is 39.3. The van der Waals surface area contributed by atoms with Crippen molar-refractivity contribution in [1.82, 2.24) is 4.90 Å². The lowest BCUT2D eigenvalue weighted by Gasteiger charge is -2.57. The van der Waals surface area contributed by atoms with Crippen LogP contribution in [0, 0.1) is 23.7 Å². The van der Waals surface area contributed by atoms with Crippen molar-refractivity contribution in [2.75, 3.05) is 26.9 Å². The van der Waals surface area contributed by atoms with Gasteiger partial charge in [-0.05, 0) is 54.0 Å². The summed E-state index contributed by atoms with van der Waals surface area (Å²) in [5.41, 5.74) is 0.837. The molecular formula is C34H48N2O7Si2. The van der Waals surface area contributed by atoms with Crippen molar-refractivity contribution < 1.29 is 32.6 Å². The molecule has 3 aliphatic rings. The summed E-state index contributed by atoms with van der Waals surface area (Å²) in [4.78, 5) is 15.2. The lowest BCUT2D eigenvalue weighted by molar-refractivity contribution is -0.233. The Kier molecular flexibility index (Phi) is 11.1. The van der Waals surface area contributed by atoms with Crippen LogP contribution in [0.5, 0.6) is 5.75 Å². The minimum atomic E-state index is -2.47. The van der Waals surface area contributed by atoms with Gasteiger partial charge in [0.15, 0.2) is 22.2 Å². The summed E-state index contributed by atoms with van der Waals surface area (Å²) in [6.07, 6.45) is 6.55. The number of ether oxygens (including phenoxy) is 4. The van der Waals surface area contributed by atoms with Crippen LogP contribution in [0.2, 0.25) is 36.3 Å². The molecule has 2 aliphatic heterocycles. The summed E-state index contributed by atoms with van der Waals surface area (Å²) in [7, 11) is -3.30. The van der Waals surface area contributed by atoms with E-state index in [-0.39, 0.29) is 26.4 Å². The number of cyclic esters (lactones) is 1. The number of terminal acetylenes is 1. The van der Waals surface area contributed by atoms with E-state index in [1.807, 2.05) is 24.3 Å². The number of nitriles is 1. The number of nitrogens with zero attached hydrogens (tertiary/aromatic N) is 2. The minimum Gasteiger partial charge on any atom is -0.497 e. The number of hydrogen-bond acceptors (Lipinski definition) is 8. The number of methoxy groups -OCH3 is 1. The molecule has 0 saturated carbocycles. The maximum Gasteiger partial charge on any atom is 0.414 e. The molecule has 1 aromatic rings. The number of carbonyl (C=O) groups excluding carboxylic acids is 1. The molecule has 244 valence electrons. The van der Waals surface area contributed by atoms with Gasteiger partial charge in [-0.3, -0.25) is 4.90 Å². The van der Waals surface area contributed by atoms with Crippen LogP contribution in [-0.4, -0.2) is 72.1 Å². The highest BCUT2D eigenvalue weighted by molar-refractivity contribution is 6.74. The number of allylic oxidation sites excluding steroid dienone is 1. The van der Waals surface area contributed by atoms with Gasteiger partial charge in [-0.25, -0.2) is 4.79 Å². The lowest BCUT2D eigenvalue weighted by atomic mass is 9.72. The third-order valence-electron chi connectivity index (χ3n) is 10.1. The van der Waals surface area contributed by atoms with Crippen LogP contribution in [0.3, 0.4) is 0 Å². The number of hydrogen-bond donors (Lipinski definition) is 0. The first-order valence-electron chi connectivity index (χ1n) is 16.2. The first kappa shape index (κ1) is 35.0. The highest BCUT2D eigenvalue weighted by Crippen LogP contribution is 2.55. The average Bonchev–Trinajstić information content (AvgIpc) is 3.57. The monoisotopic (exact) mass is 652 g/mol. The maximum absolute atomic E-state index is 13.7. The van der Waals surface area contributed by atoms with Crippen LogP contribution in [-0.2, 0) is 29.6 Å². The van der Waals surface area contributed by atoms with Crippen molar-refractivity contribution in [2.45, 2.75) is 102 Å². The van der Waals surface area contributed by atoms with Crippen LogP contribution in [0.4, 0.5) is 4.79 Å². The number of benzene rings is 1. The van der Waals surface area contributed by atoms with Gasteiger partial charge in [-0.1, -0.05) is 59.6 Å². The second kappa shape index (κ2) is 14.2. The minimum absolute atomic E-state index is 0.106. The number of fused-ring (bicyclic) bond motifs is 1. The molecule has 0 aromatic heterocycles. The normalized spacial score (nSPS) is 23.9. The van der Waals surface area contributed by atoms with Gasteiger partial charge in [-0.2, -0.15) is 5.26 Å². The zero-order valence-corrected chi connectivity index (χ0v) is 29.9. The van der Waals surface area contributed by atoms with Crippen LogP contribution in [0.25, 0.3) is 0 Å².